The van der Waals surface area contributed by atoms with Gasteiger partial charge in [-0.25, -0.2) is 4.98 Å². The van der Waals surface area contributed by atoms with Crippen molar-refractivity contribution >= 4 is 28.6 Å². The Hall–Kier alpha value is -1.44. The van der Waals surface area contributed by atoms with Gasteiger partial charge in [-0.05, 0) is 25.4 Å². The van der Waals surface area contributed by atoms with Crippen LogP contribution in [0, 0.1) is 5.92 Å². The molecule has 108 valence electrons. The summed E-state index contributed by atoms with van der Waals surface area (Å²) in [6, 6.07) is -0.0367. The van der Waals surface area contributed by atoms with Gasteiger partial charge in [0.1, 0.15) is 5.52 Å². The van der Waals surface area contributed by atoms with Crippen molar-refractivity contribution in [3.63, 3.8) is 0 Å². The van der Waals surface area contributed by atoms with Crippen molar-refractivity contribution in [3.05, 3.63) is 11.6 Å². The molecule has 3 heterocycles. The number of hydrogen-bond acceptors (Lipinski definition) is 6. The highest BCUT2D eigenvalue weighted by molar-refractivity contribution is 6.28. The van der Waals surface area contributed by atoms with E-state index in [9.17, 15) is 5.11 Å². The van der Waals surface area contributed by atoms with E-state index in [1.165, 1.54) is 0 Å². The lowest BCUT2D eigenvalue weighted by molar-refractivity contribution is 0.0488. The number of imidazole rings is 1. The van der Waals surface area contributed by atoms with Crippen LogP contribution in [-0.4, -0.2) is 43.4 Å². The van der Waals surface area contributed by atoms with Crippen LogP contribution >= 0.6 is 11.6 Å². The zero-order valence-electron chi connectivity index (χ0n) is 11.2. The number of nitrogen functional groups attached to an aromatic ring is 1. The summed E-state index contributed by atoms with van der Waals surface area (Å²) in [7, 11) is 0. The van der Waals surface area contributed by atoms with E-state index in [0.717, 1.165) is 0 Å². The largest absolute Gasteiger partial charge is 0.390 e. The lowest BCUT2D eigenvalue weighted by atomic mass is 9.95. The fourth-order valence-electron chi connectivity index (χ4n) is 2.65. The first-order valence-corrected chi connectivity index (χ1v) is 6.82. The second-order valence-electron chi connectivity index (χ2n) is 5.14. The maximum atomic E-state index is 10.2. The maximum absolute atomic E-state index is 10.2. The minimum Gasteiger partial charge on any atom is -0.390 e. The van der Waals surface area contributed by atoms with E-state index in [0.29, 0.717) is 17.8 Å². The zero-order chi connectivity index (χ0) is 14.4. The zero-order valence-corrected chi connectivity index (χ0v) is 11.9. The highest BCUT2D eigenvalue weighted by atomic mass is 35.5. The second kappa shape index (κ2) is 4.83. The van der Waals surface area contributed by atoms with Crippen LogP contribution < -0.4 is 5.73 Å². The average molecular weight is 298 g/mol. The molecule has 1 aliphatic rings. The number of ether oxygens (including phenoxy) is 1. The van der Waals surface area contributed by atoms with E-state index in [1.807, 2.05) is 18.4 Å². The van der Waals surface area contributed by atoms with Crippen LogP contribution in [0.2, 0.25) is 5.28 Å². The SMILES string of the molecule is CC1OC[C@H](C(C)n2cnc3c(N)nc(Cl)nc32)C1O. The summed E-state index contributed by atoms with van der Waals surface area (Å²) in [5.41, 5.74) is 6.88. The Morgan fingerprint density at radius 1 is 1.55 bits per heavy atom. The number of fused-ring (bicyclic) bond motifs is 1. The van der Waals surface area contributed by atoms with E-state index in [2.05, 4.69) is 15.0 Å². The van der Waals surface area contributed by atoms with Gasteiger partial charge in [-0.2, -0.15) is 9.97 Å². The third-order valence-corrected chi connectivity index (χ3v) is 4.12. The van der Waals surface area contributed by atoms with Gasteiger partial charge < -0.3 is 20.1 Å². The quantitative estimate of drug-likeness (QED) is 0.803. The van der Waals surface area contributed by atoms with Gasteiger partial charge in [-0.1, -0.05) is 0 Å². The van der Waals surface area contributed by atoms with Gasteiger partial charge in [0.25, 0.3) is 0 Å². The van der Waals surface area contributed by atoms with Gasteiger partial charge in [-0.3, -0.25) is 0 Å². The maximum Gasteiger partial charge on any atom is 0.226 e. The van der Waals surface area contributed by atoms with Crippen molar-refractivity contribution in [1.29, 1.82) is 0 Å². The van der Waals surface area contributed by atoms with Crippen molar-refractivity contribution in [1.82, 2.24) is 19.5 Å². The van der Waals surface area contributed by atoms with E-state index < -0.39 is 6.10 Å². The minimum atomic E-state index is -0.517. The van der Waals surface area contributed by atoms with E-state index in [-0.39, 0.29) is 29.2 Å². The monoisotopic (exact) mass is 297 g/mol. The molecule has 0 aliphatic carbocycles. The number of hydrogen-bond donors (Lipinski definition) is 2. The summed E-state index contributed by atoms with van der Waals surface area (Å²) < 4.78 is 7.34. The molecule has 0 amide bonds. The number of nitrogens with zero attached hydrogens (tertiary/aromatic N) is 4. The molecule has 8 heteroatoms. The van der Waals surface area contributed by atoms with Crippen LogP contribution in [0.25, 0.3) is 11.2 Å². The third-order valence-electron chi connectivity index (χ3n) is 3.95. The van der Waals surface area contributed by atoms with Gasteiger partial charge >= 0.3 is 0 Å². The van der Waals surface area contributed by atoms with Crippen molar-refractivity contribution in [2.75, 3.05) is 12.3 Å². The molecule has 0 aromatic carbocycles. The number of rotatable bonds is 2. The molecule has 2 aromatic heterocycles. The highest BCUT2D eigenvalue weighted by Gasteiger charge is 2.37. The summed E-state index contributed by atoms with van der Waals surface area (Å²) in [4.78, 5) is 12.3. The molecule has 0 radical (unpaired) electrons. The van der Waals surface area contributed by atoms with Gasteiger partial charge in [0.05, 0.1) is 25.1 Å². The van der Waals surface area contributed by atoms with Crippen LogP contribution in [0.1, 0.15) is 19.9 Å². The predicted octanol–water partition coefficient (Wildman–Crippen LogP) is 1.02. The summed E-state index contributed by atoms with van der Waals surface area (Å²) in [5, 5.41) is 10.2. The van der Waals surface area contributed by atoms with Crippen molar-refractivity contribution < 1.29 is 9.84 Å². The molecule has 20 heavy (non-hydrogen) atoms. The molecular weight excluding hydrogens is 282 g/mol. The molecule has 7 nitrogen and oxygen atoms in total. The number of nitrogens with two attached hydrogens (primary N) is 1. The molecule has 0 saturated carbocycles. The number of aliphatic hydroxyl groups is 1. The minimum absolute atomic E-state index is 0.0302. The first-order valence-electron chi connectivity index (χ1n) is 6.44. The van der Waals surface area contributed by atoms with Crippen LogP contribution in [-0.2, 0) is 4.74 Å². The van der Waals surface area contributed by atoms with Gasteiger partial charge in [0, 0.05) is 12.0 Å². The molecule has 4 atom stereocenters. The summed E-state index contributed by atoms with van der Waals surface area (Å²) in [6.45, 7) is 4.35. The molecule has 1 aliphatic heterocycles. The summed E-state index contributed by atoms with van der Waals surface area (Å²) in [6.07, 6.45) is 0.962. The molecule has 3 N–H and O–H groups in total. The fourth-order valence-corrected chi connectivity index (χ4v) is 2.82. The third kappa shape index (κ3) is 2.02. The number of aliphatic hydroxyl groups excluding tert-OH is 1. The Labute approximate surface area is 120 Å². The van der Waals surface area contributed by atoms with Gasteiger partial charge in [-0.15, -0.1) is 0 Å². The van der Waals surface area contributed by atoms with Crippen LogP contribution in [0.5, 0.6) is 0 Å². The predicted molar refractivity (Wildman–Crippen MR) is 74.4 cm³/mol. The number of aromatic nitrogens is 4. The summed E-state index contributed by atoms with van der Waals surface area (Å²) >= 11 is 5.85. The van der Waals surface area contributed by atoms with E-state index >= 15 is 0 Å². The first-order chi connectivity index (χ1) is 9.49. The average Bonchev–Trinajstić information content (AvgIpc) is 2.94. The lowest BCUT2D eigenvalue weighted by Gasteiger charge is -2.23. The Balaban J connectivity index is 2.02. The van der Waals surface area contributed by atoms with Crippen molar-refractivity contribution in [2.24, 2.45) is 5.92 Å². The van der Waals surface area contributed by atoms with E-state index in [1.54, 1.807) is 6.33 Å². The van der Waals surface area contributed by atoms with Gasteiger partial charge in [0.2, 0.25) is 5.28 Å². The lowest BCUT2D eigenvalue weighted by Crippen LogP contribution is -2.30. The van der Waals surface area contributed by atoms with Crippen LogP contribution in [0.3, 0.4) is 0 Å². The van der Waals surface area contributed by atoms with Crippen LogP contribution in [0.15, 0.2) is 6.33 Å². The molecule has 3 unspecified atom stereocenters. The molecule has 1 fully saturated rings. The number of halogens is 1. The molecule has 1 saturated heterocycles. The van der Waals surface area contributed by atoms with Crippen LogP contribution in [0.4, 0.5) is 5.82 Å². The topological polar surface area (TPSA) is 99.1 Å². The van der Waals surface area contributed by atoms with E-state index in [4.69, 9.17) is 22.1 Å². The Kier molecular flexibility index (Phi) is 3.27. The molecule has 2 aromatic rings. The smallest absolute Gasteiger partial charge is 0.226 e. The standard InChI is InChI=1S/C12H16ClN5O2/c1-5(7-3-20-6(2)9(7)19)18-4-15-8-10(14)16-12(13)17-11(8)18/h4-7,9,19H,3H2,1-2H3,(H2,14,16,17)/t5?,6?,7-,9?/m1/s1. The van der Waals surface area contributed by atoms with Crippen molar-refractivity contribution in [3.8, 4) is 0 Å². The van der Waals surface area contributed by atoms with Gasteiger partial charge in [0.15, 0.2) is 11.5 Å². The summed E-state index contributed by atoms with van der Waals surface area (Å²) in [5.74, 6) is 0.222. The Bertz CT molecular complexity index is 646. The molecule has 0 bridgehead atoms. The second-order valence-corrected chi connectivity index (χ2v) is 5.47. The molecule has 0 spiro atoms. The number of anilines is 1. The first kappa shape index (κ1) is 13.5. The van der Waals surface area contributed by atoms with Crippen molar-refractivity contribution in [2.45, 2.75) is 32.1 Å². The normalized spacial score (nSPS) is 28.1. The Morgan fingerprint density at radius 2 is 2.30 bits per heavy atom. The fraction of sp³-hybridized carbons (Fsp3) is 0.583. The molecular formula is C12H16ClN5O2. The Morgan fingerprint density at radius 3 is 2.95 bits per heavy atom. The highest BCUT2D eigenvalue weighted by Crippen LogP contribution is 2.32. The molecule has 3 rings (SSSR count).